The van der Waals surface area contributed by atoms with Gasteiger partial charge in [0.15, 0.2) is 0 Å². The molecule has 0 radical (unpaired) electrons. The quantitative estimate of drug-likeness (QED) is 0.892. The molecule has 1 amide bonds. The Morgan fingerprint density at radius 2 is 2.19 bits per heavy atom. The molecule has 5 nitrogen and oxygen atoms in total. The highest BCUT2D eigenvalue weighted by Crippen LogP contribution is 2.20. The maximum Gasteiger partial charge on any atom is 0.253 e. The van der Waals surface area contributed by atoms with Gasteiger partial charge in [0.2, 0.25) is 0 Å². The van der Waals surface area contributed by atoms with E-state index in [1.807, 2.05) is 20.2 Å². The molecule has 0 aliphatic carbocycles. The second kappa shape index (κ2) is 6.63. The standard InChI is InChI=1S/C15H19ClN4O/c1-4-13-10(9-20(3)19-13)8-18-15(21)12-7-11(16)5-6-14(12)17-2/h5-7,9,17H,4,8H2,1-3H3,(H,18,21). The van der Waals surface area contributed by atoms with Crippen molar-refractivity contribution in [3.05, 3.63) is 46.2 Å². The van der Waals surface area contributed by atoms with Crippen molar-refractivity contribution in [2.45, 2.75) is 19.9 Å². The van der Waals surface area contributed by atoms with Crippen molar-refractivity contribution in [2.24, 2.45) is 7.05 Å². The van der Waals surface area contributed by atoms with E-state index in [4.69, 9.17) is 11.6 Å². The number of carbonyl (C=O) groups is 1. The van der Waals surface area contributed by atoms with Gasteiger partial charge in [-0.3, -0.25) is 9.48 Å². The SMILES string of the molecule is CCc1nn(C)cc1CNC(=O)c1cc(Cl)ccc1NC. The lowest BCUT2D eigenvalue weighted by Crippen LogP contribution is -2.24. The number of hydrogen-bond acceptors (Lipinski definition) is 3. The molecular weight excluding hydrogens is 288 g/mol. The average Bonchev–Trinajstić information content (AvgIpc) is 2.84. The first kappa shape index (κ1) is 15.4. The van der Waals surface area contributed by atoms with E-state index in [0.717, 1.165) is 23.4 Å². The first-order chi connectivity index (χ1) is 10.0. The summed E-state index contributed by atoms with van der Waals surface area (Å²) in [5.74, 6) is -0.159. The van der Waals surface area contributed by atoms with Crippen molar-refractivity contribution in [3.63, 3.8) is 0 Å². The summed E-state index contributed by atoms with van der Waals surface area (Å²) in [6.07, 6.45) is 2.76. The molecule has 0 atom stereocenters. The smallest absolute Gasteiger partial charge is 0.253 e. The minimum absolute atomic E-state index is 0.159. The summed E-state index contributed by atoms with van der Waals surface area (Å²) >= 11 is 5.96. The van der Waals surface area contributed by atoms with Gasteiger partial charge in [0.25, 0.3) is 5.91 Å². The summed E-state index contributed by atoms with van der Waals surface area (Å²) in [6, 6.07) is 5.20. The van der Waals surface area contributed by atoms with E-state index < -0.39 is 0 Å². The predicted molar refractivity (Wildman–Crippen MR) is 84.8 cm³/mol. The highest BCUT2D eigenvalue weighted by Gasteiger charge is 2.13. The fraction of sp³-hybridized carbons (Fsp3) is 0.333. The molecule has 1 heterocycles. The first-order valence-electron chi connectivity index (χ1n) is 6.82. The number of aromatic nitrogens is 2. The first-order valence-corrected chi connectivity index (χ1v) is 7.19. The van der Waals surface area contributed by atoms with E-state index in [0.29, 0.717) is 17.1 Å². The van der Waals surface area contributed by atoms with Crippen LogP contribution in [0, 0.1) is 0 Å². The van der Waals surface area contributed by atoms with Crippen LogP contribution in [0.1, 0.15) is 28.5 Å². The van der Waals surface area contributed by atoms with E-state index in [9.17, 15) is 4.79 Å². The molecule has 2 N–H and O–H groups in total. The Labute approximate surface area is 129 Å². The van der Waals surface area contributed by atoms with Gasteiger partial charge in [0, 0.05) is 43.1 Å². The third-order valence-corrected chi connectivity index (χ3v) is 3.50. The van der Waals surface area contributed by atoms with Crippen LogP contribution < -0.4 is 10.6 Å². The van der Waals surface area contributed by atoms with Gasteiger partial charge < -0.3 is 10.6 Å². The second-order valence-corrected chi connectivity index (χ2v) is 5.19. The number of halogens is 1. The molecule has 2 rings (SSSR count). The number of amides is 1. The third kappa shape index (κ3) is 3.55. The Hall–Kier alpha value is -2.01. The summed E-state index contributed by atoms with van der Waals surface area (Å²) < 4.78 is 1.76. The number of nitrogens with one attached hydrogen (secondary N) is 2. The normalized spacial score (nSPS) is 10.5. The van der Waals surface area contributed by atoms with Crippen molar-refractivity contribution >= 4 is 23.2 Å². The van der Waals surface area contributed by atoms with Crippen LogP contribution in [0.3, 0.4) is 0 Å². The highest BCUT2D eigenvalue weighted by atomic mass is 35.5. The second-order valence-electron chi connectivity index (χ2n) is 4.75. The number of aryl methyl sites for hydroxylation is 2. The zero-order valence-electron chi connectivity index (χ0n) is 12.4. The average molecular weight is 307 g/mol. The molecule has 0 bridgehead atoms. The van der Waals surface area contributed by atoms with E-state index in [2.05, 4.69) is 15.7 Å². The maximum absolute atomic E-state index is 12.3. The lowest BCUT2D eigenvalue weighted by Gasteiger charge is -2.10. The topological polar surface area (TPSA) is 59.0 Å². The van der Waals surface area contributed by atoms with Gasteiger partial charge in [0.1, 0.15) is 0 Å². The zero-order chi connectivity index (χ0) is 15.4. The van der Waals surface area contributed by atoms with Gasteiger partial charge in [-0.1, -0.05) is 18.5 Å². The lowest BCUT2D eigenvalue weighted by atomic mass is 10.1. The van der Waals surface area contributed by atoms with Crippen molar-refractivity contribution in [1.82, 2.24) is 15.1 Å². The highest BCUT2D eigenvalue weighted by molar-refractivity contribution is 6.31. The largest absolute Gasteiger partial charge is 0.387 e. The summed E-state index contributed by atoms with van der Waals surface area (Å²) in [5, 5.41) is 10.8. The van der Waals surface area contributed by atoms with E-state index in [-0.39, 0.29) is 5.91 Å². The number of hydrogen-bond donors (Lipinski definition) is 2. The van der Waals surface area contributed by atoms with Gasteiger partial charge in [-0.15, -0.1) is 0 Å². The van der Waals surface area contributed by atoms with Crippen LogP contribution in [0.4, 0.5) is 5.69 Å². The summed E-state index contributed by atoms with van der Waals surface area (Å²) in [5.41, 5.74) is 3.31. The molecule has 0 aliphatic rings. The monoisotopic (exact) mass is 306 g/mol. The predicted octanol–water partition coefficient (Wildman–Crippen LogP) is 2.61. The molecule has 0 fully saturated rings. The molecule has 0 unspecified atom stereocenters. The van der Waals surface area contributed by atoms with Crippen molar-refractivity contribution in [1.29, 1.82) is 0 Å². The van der Waals surface area contributed by atoms with Gasteiger partial charge in [-0.25, -0.2) is 0 Å². The van der Waals surface area contributed by atoms with Gasteiger partial charge in [-0.05, 0) is 24.6 Å². The molecule has 0 saturated carbocycles. The van der Waals surface area contributed by atoms with Crippen molar-refractivity contribution in [2.75, 3.05) is 12.4 Å². The van der Waals surface area contributed by atoms with Crippen molar-refractivity contribution < 1.29 is 4.79 Å². The Morgan fingerprint density at radius 3 is 2.86 bits per heavy atom. The van der Waals surface area contributed by atoms with Crippen LogP contribution in [0.25, 0.3) is 0 Å². The summed E-state index contributed by atoms with van der Waals surface area (Å²) in [6.45, 7) is 2.50. The number of nitrogens with zero attached hydrogens (tertiary/aromatic N) is 2. The Morgan fingerprint density at radius 1 is 1.43 bits per heavy atom. The molecule has 0 aliphatic heterocycles. The lowest BCUT2D eigenvalue weighted by molar-refractivity contribution is 0.0951. The van der Waals surface area contributed by atoms with Crippen LogP contribution in [-0.2, 0) is 20.0 Å². The van der Waals surface area contributed by atoms with Crippen LogP contribution in [0.5, 0.6) is 0 Å². The number of rotatable bonds is 5. The van der Waals surface area contributed by atoms with Crippen LogP contribution in [0.2, 0.25) is 5.02 Å². The molecule has 1 aromatic heterocycles. The molecule has 1 aromatic carbocycles. The number of anilines is 1. The number of carbonyl (C=O) groups excluding carboxylic acids is 1. The third-order valence-electron chi connectivity index (χ3n) is 3.26. The molecule has 2 aromatic rings. The Balaban J connectivity index is 2.13. The minimum Gasteiger partial charge on any atom is -0.387 e. The molecule has 0 saturated heterocycles. The van der Waals surface area contributed by atoms with Crippen LogP contribution in [-0.4, -0.2) is 22.7 Å². The van der Waals surface area contributed by atoms with Crippen molar-refractivity contribution in [3.8, 4) is 0 Å². The van der Waals surface area contributed by atoms with Gasteiger partial charge >= 0.3 is 0 Å². The van der Waals surface area contributed by atoms with E-state index in [1.165, 1.54) is 0 Å². The van der Waals surface area contributed by atoms with Gasteiger partial charge in [-0.2, -0.15) is 5.10 Å². The summed E-state index contributed by atoms with van der Waals surface area (Å²) in [4.78, 5) is 12.3. The van der Waals surface area contributed by atoms with Gasteiger partial charge in [0.05, 0.1) is 11.3 Å². The van der Waals surface area contributed by atoms with Crippen LogP contribution >= 0.6 is 11.6 Å². The molecular formula is C15H19ClN4O. The zero-order valence-corrected chi connectivity index (χ0v) is 13.2. The Kier molecular flexibility index (Phi) is 4.85. The van der Waals surface area contributed by atoms with Crippen LogP contribution in [0.15, 0.2) is 24.4 Å². The maximum atomic E-state index is 12.3. The van der Waals surface area contributed by atoms with E-state index >= 15 is 0 Å². The molecule has 112 valence electrons. The Bertz CT molecular complexity index is 651. The number of benzene rings is 1. The molecule has 6 heteroatoms. The van der Waals surface area contributed by atoms with E-state index in [1.54, 1.807) is 29.9 Å². The molecule has 21 heavy (non-hydrogen) atoms. The minimum atomic E-state index is -0.159. The summed E-state index contributed by atoms with van der Waals surface area (Å²) in [7, 11) is 3.65. The fourth-order valence-electron chi connectivity index (χ4n) is 2.22. The fourth-order valence-corrected chi connectivity index (χ4v) is 2.39. The molecule has 0 spiro atoms.